The van der Waals surface area contributed by atoms with Crippen molar-refractivity contribution in [2.75, 3.05) is 41.2 Å². The molecular weight excluding hydrogens is 374 g/mol. The Bertz CT molecular complexity index is 1090. The maximum Gasteiger partial charge on any atom is 0.200 e. The van der Waals surface area contributed by atoms with E-state index in [0.717, 1.165) is 17.9 Å². The Balaban J connectivity index is 1.77. The number of hydrogen-bond acceptors (Lipinski definition) is 7. The topological polar surface area (TPSA) is 70.4 Å². The van der Waals surface area contributed by atoms with E-state index >= 15 is 0 Å². The molecule has 0 fully saturated rings. The van der Waals surface area contributed by atoms with Gasteiger partial charge in [0.15, 0.2) is 11.5 Å². The first-order chi connectivity index (χ1) is 14.2. The molecule has 0 radical (unpaired) electrons. The van der Waals surface area contributed by atoms with Crippen molar-refractivity contribution in [3.8, 4) is 28.4 Å². The highest BCUT2D eigenvalue weighted by atomic mass is 16.5. The summed E-state index contributed by atoms with van der Waals surface area (Å²) in [5, 5.41) is 0.522. The number of nitrogens with zero attached hydrogens (tertiary/aromatic N) is 1. The molecule has 0 aliphatic carbocycles. The molecular formula is C22H23NO6. The summed E-state index contributed by atoms with van der Waals surface area (Å²) in [6, 6.07) is 8.94. The number of ether oxygens (including phenoxy) is 4. The Labute approximate surface area is 168 Å². The van der Waals surface area contributed by atoms with Gasteiger partial charge >= 0.3 is 0 Å². The predicted octanol–water partition coefficient (Wildman–Crippen LogP) is 3.28. The molecule has 0 amide bonds. The van der Waals surface area contributed by atoms with E-state index < -0.39 is 0 Å². The van der Waals surface area contributed by atoms with Crippen molar-refractivity contribution in [1.29, 1.82) is 0 Å². The number of rotatable bonds is 6. The summed E-state index contributed by atoms with van der Waals surface area (Å²) < 4.78 is 27.6. The summed E-state index contributed by atoms with van der Waals surface area (Å²) in [7, 11) is 4.80. The quantitative estimate of drug-likeness (QED) is 0.632. The lowest BCUT2D eigenvalue weighted by molar-refractivity contribution is 0.0658. The fourth-order valence-electron chi connectivity index (χ4n) is 3.52. The van der Waals surface area contributed by atoms with Crippen LogP contribution in [0.5, 0.6) is 17.2 Å². The van der Waals surface area contributed by atoms with Crippen LogP contribution >= 0.6 is 0 Å². The lowest BCUT2D eigenvalue weighted by Gasteiger charge is -2.28. The molecule has 1 aromatic heterocycles. The average Bonchev–Trinajstić information content (AvgIpc) is 2.77. The normalized spacial score (nSPS) is 13.8. The fourth-order valence-corrected chi connectivity index (χ4v) is 3.52. The van der Waals surface area contributed by atoms with Gasteiger partial charge in [-0.25, -0.2) is 0 Å². The van der Waals surface area contributed by atoms with Gasteiger partial charge < -0.3 is 23.4 Å². The Hall–Kier alpha value is -3.03. The maximum absolute atomic E-state index is 13.2. The molecule has 3 aromatic rings. The first kappa shape index (κ1) is 19.3. The van der Waals surface area contributed by atoms with Gasteiger partial charge in [0.2, 0.25) is 5.43 Å². The van der Waals surface area contributed by atoms with E-state index in [1.807, 2.05) is 12.1 Å². The van der Waals surface area contributed by atoms with Crippen molar-refractivity contribution in [3.05, 3.63) is 52.4 Å². The van der Waals surface area contributed by atoms with Gasteiger partial charge in [-0.3, -0.25) is 9.69 Å². The molecule has 7 heteroatoms. The summed E-state index contributed by atoms with van der Waals surface area (Å²) in [4.78, 5) is 15.3. The van der Waals surface area contributed by atoms with Crippen LogP contribution < -0.4 is 19.6 Å². The van der Waals surface area contributed by atoms with E-state index in [9.17, 15) is 4.79 Å². The SMILES string of the molecule is COCCN1COc2ccc3c(=O)c(-c4ccc(OC)c(OC)c4)coc3c2C1. The monoisotopic (exact) mass is 397 g/mol. The van der Waals surface area contributed by atoms with Gasteiger partial charge in [0.1, 0.15) is 24.3 Å². The summed E-state index contributed by atoms with van der Waals surface area (Å²) in [6.45, 7) is 2.46. The van der Waals surface area contributed by atoms with Crippen LogP contribution in [-0.4, -0.2) is 46.1 Å². The molecule has 0 atom stereocenters. The largest absolute Gasteiger partial charge is 0.493 e. The van der Waals surface area contributed by atoms with Crippen molar-refractivity contribution in [2.45, 2.75) is 6.54 Å². The Kier molecular flexibility index (Phi) is 5.42. The molecule has 2 heterocycles. The zero-order valence-electron chi connectivity index (χ0n) is 16.7. The molecule has 2 aromatic carbocycles. The van der Waals surface area contributed by atoms with E-state index in [2.05, 4.69) is 4.90 Å². The van der Waals surface area contributed by atoms with Gasteiger partial charge in [0.25, 0.3) is 0 Å². The van der Waals surface area contributed by atoms with Crippen LogP contribution in [0.25, 0.3) is 22.1 Å². The minimum absolute atomic E-state index is 0.102. The van der Waals surface area contributed by atoms with Gasteiger partial charge in [-0.1, -0.05) is 6.07 Å². The van der Waals surface area contributed by atoms with Crippen molar-refractivity contribution in [3.63, 3.8) is 0 Å². The first-order valence-electron chi connectivity index (χ1n) is 9.30. The lowest BCUT2D eigenvalue weighted by Crippen LogP contribution is -2.34. The van der Waals surface area contributed by atoms with Crippen molar-refractivity contribution < 1.29 is 23.4 Å². The minimum atomic E-state index is -0.102. The average molecular weight is 397 g/mol. The zero-order chi connectivity index (χ0) is 20.4. The molecule has 0 bridgehead atoms. The van der Waals surface area contributed by atoms with Gasteiger partial charge in [-0.2, -0.15) is 0 Å². The van der Waals surface area contributed by atoms with Crippen LogP contribution in [0.1, 0.15) is 5.56 Å². The number of fused-ring (bicyclic) bond motifs is 3. The highest BCUT2D eigenvalue weighted by Gasteiger charge is 2.22. The second kappa shape index (κ2) is 8.14. The number of benzene rings is 2. The van der Waals surface area contributed by atoms with E-state index in [1.54, 1.807) is 39.5 Å². The van der Waals surface area contributed by atoms with Crippen LogP contribution in [0.3, 0.4) is 0 Å². The first-order valence-corrected chi connectivity index (χ1v) is 9.30. The molecule has 0 saturated heterocycles. The highest BCUT2D eigenvalue weighted by molar-refractivity contribution is 5.86. The summed E-state index contributed by atoms with van der Waals surface area (Å²) in [5.41, 5.74) is 2.50. The second-order valence-corrected chi connectivity index (χ2v) is 6.79. The van der Waals surface area contributed by atoms with Crippen molar-refractivity contribution in [2.24, 2.45) is 0 Å². The smallest absolute Gasteiger partial charge is 0.200 e. The van der Waals surface area contributed by atoms with Crippen LogP contribution in [0.2, 0.25) is 0 Å². The van der Waals surface area contributed by atoms with Gasteiger partial charge in [-0.15, -0.1) is 0 Å². The number of methoxy groups -OCH3 is 3. The fraction of sp³-hybridized carbons (Fsp3) is 0.318. The summed E-state index contributed by atoms with van der Waals surface area (Å²) >= 11 is 0. The summed E-state index contributed by atoms with van der Waals surface area (Å²) in [5.74, 6) is 1.90. The lowest BCUT2D eigenvalue weighted by atomic mass is 10.0. The predicted molar refractivity (Wildman–Crippen MR) is 109 cm³/mol. The molecule has 1 aliphatic heterocycles. The highest BCUT2D eigenvalue weighted by Crippen LogP contribution is 2.34. The molecule has 29 heavy (non-hydrogen) atoms. The zero-order valence-corrected chi connectivity index (χ0v) is 16.7. The summed E-state index contributed by atoms with van der Waals surface area (Å²) in [6.07, 6.45) is 1.50. The minimum Gasteiger partial charge on any atom is -0.493 e. The molecule has 1 aliphatic rings. The van der Waals surface area contributed by atoms with Crippen LogP contribution in [0.15, 0.2) is 45.8 Å². The van der Waals surface area contributed by atoms with Crippen LogP contribution in [0, 0.1) is 0 Å². The third-order valence-electron chi connectivity index (χ3n) is 5.09. The molecule has 7 nitrogen and oxygen atoms in total. The third kappa shape index (κ3) is 3.54. The van der Waals surface area contributed by atoms with Gasteiger partial charge in [-0.05, 0) is 29.8 Å². The standard InChI is InChI=1S/C22H23NO6/c1-25-9-8-23-11-16-18(29-13-23)7-5-15-21(24)17(12-28-22(15)16)14-4-6-19(26-2)20(10-14)27-3/h4-7,10,12H,8-9,11,13H2,1-3H3. The molecule has 4 rings (SSSR count). The number of hydrogen-bond donors (Lipinski definition) is 0. The molecule has 0 spiro atoms. The van der Waals surface area contributed by atoms with Gasteiger partial charge in [0.05, 0.1) is 37.3 Å². The van der Waals surface area contributed by atoms with Crippen LogP contribution in [-0.2, 0) is 11.3 Å². The Morgan fingerprint density at radius 3 is 2.66 bits per heavy atom. The van der Waals surface area contributed by atoms with Crippen LogP contribution in [0.4, 0.5) is 0 Å². The van der Waals surface area contributed by atoms with Gasteiger partial charge in [0, 0.05) is 20.2 Å². The second-order valence-electron chi connectivity index (χ2n) is 6.79. The van der Waals surface area contributed by atoms with Crippen molar-refractivity contribution >= 4 is 11.0 Å². The van der Waals surface area contributed by atoms with E-state index in [4.69, 9.17) is 23.4 Å². The molecule has 152 valence electrons. The van der Waals surface area contributed by atoms with Crippen molar-refractivity contribution in [1.82, 2.24) is 4.90 Å². The molecule has 0 N–H and O–H groups in total. The van der Waals surface area contributed by atoms with E-state index in [0.29, 0.717) is 53.5 Å². The molecule has 0 saturated carbocycles. The van der Waals surface area contributed by atoms with E-state index in [-0.39, 0.29) is 5.43 Å². The van der Waals surface area contributed by atoms with E-state index in [1.165, 1.54) is 6.26 Å². The Morgan fingerprint density at radius 2 is 1.90 bits per heavy atom. The maximum atomic E-state index is 13.2. The Morgan fingerprint density at radius 1 is 1.07 bits per heavy atom. The molecule has 0 unspecified atom stereocenters. The third-order valence-corrected chi connectivity index (χ3v) is 5.09.